The highest BCUT2D eigenvalue weighted by Gasteiger charge is 2.42. The second-order valence-corrected chi connectivity index (χ2v) is 3.44. The number of aliphatic carboxylic acids is 1. The number of ether oxygens (including phenoxy) is 1. The Morgan fingerprint density at radius 1 is 1.40 bits per heavy atom. The van der Waals surface area contributed by atoms with E-state index < -0.39 is 23.6 Å². The maximum Gasteiger partial charge on any atom is 0.501 e. The molecule has 82 valence electrons. The van der Waals surface area contributed by atoms with Gasteiger partial charge in [0.05, 0.1) is 0 Å². The van der Waals surface area contributed by atoms with Gasteiger partial charge in [-0.1, -0.05) is 15.9 Å². The molecular formula is C8H4BrF3O3. The summed E-state index contributed by atoms with van der Waals surface area (Å²) < 4.78 is 41.8. The van der Waals surface area contributed by atoms with Gasteiger partial charge in [0.25, 0.3) is 0 Å². The Bertz CT molecular complexity index is 374. The molecular weight excluding hydrogens is 281 g/mol. The number of hydrogen-bond donors (Lipinski definition) is 1. The summed E-state index contributed by atoms with van der Waals surface area (Å²) in [7, 11) is 0. The van der Waals surface area contributed by atoms with Gasteiger partial charge in [-0.2, -0.15) is 8.78 Å². The van der Waals surface area contributed by atoms with Crippen LogP contribution in [-0.2, 0) is 4.79 Å². The molecule has 1 rings (SSSR count). The normalized spacial score (nSPS) is 11.2. The molecule has 0 unspecified atom stereocenters. The van der Waals surface area contributed by atoms with Crippen LogP contribution < -0.4 is 4.74 Å². The third kappa shape index (κ3) is 3.12. The monoisotopic (exact) mass is 284 g/mol. The molecule has 0 bridgehead atoms. The van der Waals surface area contributed by atoms with E-state index in [1.807, 2.05) is 0 Å². The van der Waals surface area contributed by atoms with Crippen LogP contribution in [0.1, 0.15) is 0 Å². The lowest BCUT2D eigenvalue weighted by Crippen LogP contribution is -2.34. The minimum Gasteiger partial charge on any atom is -0.474 e. The zero-order valence-corrected chi connectivity index (χ0v) is 8.59. The van der Waals surface area contributed by atoms with Crippen molar-refractivity contribution in [3.63, 3.8) is 0 Å². The van der Waals surface area contributed by atoms with Crippen LogP contribution in [0.15, 0.2) is 22.7 Å². The Kier molecular flexibility index (Phi) is 3.23. The van der Waals surface area contributed by atoms with Crippen LogP contribution in [0, 0.1) is 5.82 Å². The summed E-state index contributed by atoms with van der Waals surface area (Å²) in [6.45, 7) is 0. The van der Waals surface area contributed by atoms with Crippen molar-refractivity contribution in [3.8, 4) is 5.75 Å². The molecule has 1 aromatic carbocycles. The fourth-order valence-electron chi connectivity index (χ4n) is 0.779. The number of hydrogen-bond acceptors (Lipinski definition) is 2. The summed E-state index contributed by atoms with van der Waals surface area (Å²) in [6.07, 6.45) is -4.38. The fourth-order valence-corrected chi connectivity index (χ4v) is 1.22. The smallest absolute Gasteiger partial charge is 0.474 e. The van der Waals surface area contributed by atoms with Crippen molar-refractivity contribution in [3.05, 3.63) is 28.5 Å². The molecule has 0 aromatic heterocycles. The number of alkyl halides is 2. The lowest BCUT2D eigenvalue weighted by Gasteiger charge is -2.13. The lowest BCUT2D eigenvalue weighted by atomic mass is 10.3. The van der Waals surface area contributed by atoms with Crippen LogP contribution in [0.4, 0.5) is 13.2 Å². The van der Waals surface area contributed by atoms with Crippen molar-refractivity contribution in [2.75, 3.05) is 0 Å². The molecule has 0 aliphatic carbocycles. The number of carboxylic acid groups (broad SMARTS) is 1. The highest BCUT2D eigenvalue weighted by Crippen LogP contribution is 2.26. The Balaban J connectivity index is 2.94. The van der Waals surface area contributed by atoms with Gasteiger partial charge in [0.2, 0.25) is 0 Å². The van der Waals surface area contributed by atoms with Crippen LogP contribution in [0.2, 0.25) is 0 Å². The van der Waals surface area contributed by atoms with Crippen molar-refractivity contribution in [2.45, 2.75) is 6.11 Å². The maximum atomic E-state index is 12.7. The first-order valence-corrected chi connectivity index (χ1v) is 4.37. The second kappa shape index (κ2) is 4.09. The topological polar surface area (TPSA) is 46.5 Å². The van der Waals surface area contributed by atoms with E-state index in [1.54, 1.807) is 0 Å². The third-order valence-corrected chi connectivity index (χ3v) is 1.79. The van der Waals surface area contributed by atoms with Crippen molar-refractivity contribution < 1.29 is 27.8 Å². The van der Waals surface area contributed by atoms with E-state index in [0.29, 0.717) is 6.07 Å². The molecule has 1 N–H and O–H groups in total. The average molecular weight is 285 g/mol. The first-order chi connectivity index (χ1) is 6.81. The maximum absolute atomic E-state index is 12.7. The number of halogens is 4. The predicted octanol–water partition coefficient (Wildman–Crippen LogP) is 2.64. The average Bonchev–Trinajstić information content (AvgIpc) is 1.99. The molecule has 0 saturated heterocycles. The standard InChI is InChI=1S/C8H4BrF3O3/c9-4-1-5(10)3-6(2-4)15-8(11,12)7(13)14/h1-3H,(H,13,14). The number of rotatable bonds is 3. The lowest BCUT2D eigenvalue weighted by molar-refractivity contribution is -0.210. The van der Waals surface area contributed by atoms with E-state index >= 15 is 0 Å². The SMILES string of the molecule is O=C(O)C(F)(F)Oc1cc(F)cc(Br)c1. The summed E-state index contributed by atoms with van der Waals surface area (Å²) >= 11 is 2.85. The van der Waals surface area contributed by atoms with Gasteiger partial charge >= 0.3 is 12.1 Å². The Labute approximate surface area is 90.6 Å². The largest absolute Gasteiger partial charge is 0.501 e. The van der Waals surface area contributed by atoms with E-state index in [2.05, 4.69) is 20.7 Å². The van der Waals surface area contributed by atoms with Crippen molar-refractivity contribution in [1.82, 2.24) is 0 Å². The highest BCUT2D eigenvalue weighted by molar-refractivity contribution is 9.10. The predicted molar refractivity (Wildman–Crippen MR) is 47.3 cm³/mol. The molecule has 0 aliphatic heterocycles. The van der Waals surface area contributed by atoms with Gasteiger partial charge < -0.3 is 9.84 Å². The van der Waals surface area contributed by atoms with Crippen molar-refractivity contribution in [1.29, 1.82) is 0 Å². The molecule has 0 spiro atoms. The highest BCUT2D eigenvalue weighted by atomic mass is 79.9. The van der Waals surface area contributed by atoms with Gasteiger partial charge in [0, 0.05) is 10.5 Å². The summed E-state index contributed by atoms with van der Waals surface area (Å²) in [4.78, 5) is 10.0. The van der Waals surface area contributed by atoms with Crippen LogP contribution in [0.3, 0.4) is 0 Å². The molecule has 0 radical (unpaired) electrons. The van der Waals surface area contributed by atoms with Crippen LogP contribution in [0.5, 0.6) is 5.75 Å². The van der Waals surface area contributed by atoms with E-state index in [1.165, 1.54) is 0 Å². The van der Waals surface area contributed by atoms with E-state index in [4.69, 9.17) is 5.11 Å². The van der Waals surface area contributed by atoms with Gasteiger partial charge in [-0.05, 0) is 12.1 Å². The van der Waals surface area contributed by atoms with Gasteiger partial charge in [-0.3, -0.25) is 0 Å². The quantitative estimate of drug-likeness (QED) is 0.928. The number of carboxylic acids is 1. The Morgan fingerprint density at radius 3 is 2.47 bits per heavy atom. The molecule has 0 fully saturated rings. The Hall–Kier alpha value is -1.24. The summed E-state index contributed by atoms with van der Waals surface area (Å²) in [5.41, 5.74) is 0. The Morgan fingerprint density at radius 2 is 2.00 bits per heavy atom. The van der Waals surface area contributed by atoms with E-state index in [-0.39, 0.29) is 4.47 Å². The van der Waals surface area contributed by atoms with Gasteiger partial charge in [0.15, 0.2) is 0 Å². The molecule has 0 heterocycles. The van der Waals surface area contributed by atoms with Gasteiger partial charge in [-0.15, -0.1) is 0 Å². The molecule has 0 atom stereocenters. The fraction of sp³-hybridized carbons (Fsp3) is 0.125. The number of carbonyl (C=O) groups is 1. The number of benzene rings is 1. The first kappa shape index (κ1) is 11.8. The molecule has 3 nitrogen and oxygen atoms in total. The van der Waals surface area contributed by atoms with Gasteiger partial charge in [0.1, 0.15) is 11.6 Å². The molecule has 1 aromatic rings. The molecule has 0 aliphatic rings. The molecule has 15 heavy (non-hydrogen) atoms. The zero-order chi connectivity index (χ0) is 11.6. The minimum absolute atomic E-state index is 0.165. The third-order valence-electron chi connectivity index (χ3n) is 1.33. The van der Waals surface area contributed by atoms with E-state index in [0.717, 1.165) is 12.1 Å². The molecule has 0 amide bonds. The van der Waals surface area contributed by atoms with Crippen LogP contribution in [-0.4, -0.2) is 17.2 Å². The van der Waals surface area contributed by atoms with E-state index in [9.17, 15) is 18.0 Å². The molecule has 0 saturated carbocycles. The molecule has 7 heteroatoms. The van der Waals surface area contributed by atoms with Crippen LogP contribution >= 0.6 is 15.9 Å². The van der Waals surface area contributed by atoms with Crippen LogP contribution in [0.25, 0.3) is 0 Å². The first-order valence-electron chi connectivity index (χ1n) is 3.57. The summed E-state index contributed by atoms with van der Waals surface area (Å²) in [5, 5.41) is 8.06. The minimum atomic E-state index is -4.38. The van der Waals surface area contributed by atoms with Gasteiger partial charge in [-0.25, -0.2) is 9.18 Å². The van der Waals surface area contributed by atoms with Crippen molar-refractivity contribution >= 4 is 21.9 Å². The summed E-state index contributed by atoms with van der Waals surface area (Å²) in [5.74, 6) is -3.84. The second-order valence-electron chi connectivity index (χ2n) is 2.53. The van der Waals surface area contributed by atoms with Crippen molar-refractivity contribution in [2.24, 2.45) is 0 Å². The summed E-state index contributed by atoms with van der Waals surface area (Å²) in [6, 6.07) is 2.70. The zero-order valence-electron chi connectivity index (χ0n) is 7.01.